The topological polar surface area (TPSA) is 122 Å². The van der Waals surface area contributed by atoms with Gasteiger partial charge in [0.15, 0.2) is 6.61 Å². The molecule has 0 aromatic heterocycles. The normalized spacial score (nSPS) is 11.2. The van der Waals surface area contributed by atoms with Crippen LogP contribution in [-0.4, -0.2) is 56.7 Å². The molecular weight excluding hydrogens is 453 g/mol. The van der Waals surface area contributed by atoms with E-state index in [1.54, 1.807) is 20.8 Å². The third-order valence-electron chi connectivity index (χ3n) is 4.67. The van der Waals surface area contributed by atoms with E-state index in [1.165, 1.54) is 40.7 Å². The summed E-state index contributed by atoms with van der Waals surface area (Å²) in [4.78, 5) is 35.9. The van der Waals surface area contributed by atoms with Crippen molar-refractivity contribution in [1.29, 1.82) is 0 Å². The molecule has 0 saturated carbocycles. The average molecular weight is 480 g/mol. The lowest BCUT2D eigenvalue weighted by Crippen LogP contribution is -2.32. The second-order valence-corrected chi connectivity index (χ2v) is 8.91. The molecule has 11 heteroatoms. The zero-order chi connectivity index (χ0) is 24.6. The molecule has 0 aliphatic rings. The Kier molecular flexibility index (Phi) is 9.06. The van der Waals surface area contributed by atoms with Crippen LogP contribution in [0.25, 0.3) is 0 Å². The maximum absolute atomic E-state index is 13.5. The molecule has 0 aliphatic heterocycles. The fourth-order valence-electron chi connectivity index (χ4n) is 2.81. The molecule has 2 rings (SSSR count). The van der Waals surface area contributed by atoms with Gasteiger partial charge in [-0.1, -0.05) is 19.9 Å². The molecule has 0 saturated heterocycles. The highest BCUT2D eigenvalue weighted by atomic mass is 32.2. The van der Waals surface area contributed by atoms with E-state index < -0.39 is 46.8 Å². The number of nitrogens with one attached hydrogen (secondary N) is 2. The van der Waals surface area contributed by atoms with Crippen LogP contribution in [0.5, 0.6) is 0 Å². The van der Waals surface area contributed by atoms with Gasteiger partial charge in [0.05, 0.1) is 4.90 Å². The number of aryl methyl sites for hydroxylation is 1. The van der Waals surface area contributed by atoms with Crippen molar-refractivity contribution in [3.63, 3.8) is 0 Å². The second kappa shape index (κ2) is 11.5. The summed E-state index contributed by atoms with van der Waals surface area (Å²) < 4.78 is 44.5. The van der Waals surface area contributed by atoms with E-state index in [1.807, 2.05) is 0 Å². The lowest BCUT2D eigenvalue weighted by atomic mass is 10.2. The molecule has 0 spiro atoms. The van der Waals surface area contributed by atoms with Gasteiger partial charge in [0.2, 0.25) is 10.0 Å². The molecule has 2 N–H and O–H groups in total. The van der Waals surface area contributed by atoms with Crippen LogP contribution in [0.2, 0.25) is 0 Å². The lowest BCUT2D eigenvalue weighted by Gasteiger charge is -2.18. The molecular formula is C22H26FN3O6S. The average Bonchev–Trinajstić information content (AvgIpc) is 2.79. The summed E-state index contributed by atoms with van der Waals surface area (Å²) in [6.07, 6.45) is 0. The van der Waals surface area contributed by atoms with E-state index in [9.17, 15) is 27.2 Å². The van der Waals surface area contributed by atoms with Crippen LogP contribution in [0, 0.1) is 12.7 Å². The van der Waals surface area contributed by atoms with E-state index in [2.05, 4.69) is 10.6 Å². The van der Waals surface area contributed by atoms with Crippen LogP contribution in [0.3, 0.4) is 0 Å². The number of anilines is 1. The number of ether oxygens (including phenoxy) is 1. The fourth-order valence-corrected chi connectivity index (χ4v) is 4.27. The number of amides is 2. The quantitative estimate of drug-likeness (QED) is 0.503. The molecule has 2 aromatic carbocycles. The number of halogens is 1. The van der Waals surface area contributed by atoms with Crippen molar-refractivity contribution < 1.29 is 31.9 Å². The molecule has 0 aliphatic carbocycles. The van der Waals surface area contributed by atoms with Crippen LogP contribution in [0.4, 0.5) is 10.1 Å². The van der Waals surface area contributed by atoms with Gasteiger partial charge in [-0.2, -0.15) is 4.31 Å². The summed E-state index contributed by atoms with van der Waals surface area (Å²) >= 11 is 0. The number of hydrogen-bond donors (Lipinski definition) is 2. The third kappa shape index (κ3) is 7.09. The monoisotopic (exact) mass is 479 g/mol. The van der Waals surface area contributed by atoms with Gasteiger partial charge in [-0.15, -0.1) is 0 Å². The van der Waals surface area contributed by atoms with Gasteiger partial charge >= 0.3 is 5.97 Å². The van der Waals surface area contributed by atoms with E-state index in [4.69, 9.17) is 4.74 Å². The minimum atomic E-state index is -3.64. The molecule has 2 aromatic rings. The SMILES string of the molecule is CCN(CC)S(=O)(=O)c1ccc(C(=O)NCC(=O)OCC(=O)Nc2ccc(C)c(F)c2)cc1. The van der Waals surface area contributed by atoms with Crippen LogP contribution >= 0.6 is 0 Å². The van der Waals surface area contributed by atoms with Gasteiger partial charge < -0.3 is 15.4 Å². The highest BCUT2D eigenvalue weighted by Crippen LogP contribution is 2.16. The number of sulfonamides is 1. The Morgan fingerprint density at radius 1 is 1.03 bits per heavy atom. The number of benzene rings is 2. The number of esters is 1. The summed E-state index contributed by atoms with van der Waals surface area (Å²) in [6, 6.07) is 9.47. The first-order valence-electron chi connectivity index (χ1n) is 10.2. The first-order chi connectivity index (χ1) is 15.6. The van der Waals surface area contributed by atoms with E-state index in [0.29, 0.717) is 18.7 Å². The van der Waals surface area contributed by atoms with Crippen molar-refractivity contribution in [3.05, 3.63) is 59.4 Å². The number of hydrogen-bond acceptors (Lipinski definition) is 6. The van der Waals surface area contributed by atoms with Crippen LogP contribution < -0.4 is 10.6 Å². The molecule has 2 amide bonds. The van der Waals surface area contributed by atoms with Crippen molar-refractivity contribution in [2.45, 2.75) is 25.7 Å². The first-order valence-corrected chi connectivity index (χ1v) is 11.6. The predicted molar refractivity (Wildman–Crippen MR) is 120 cm³/mol. The van der Waals surface area contributed by atoms with Crippen molar-refractivity contribution in [3.8, 4) is 0 Å². The first kappa shape index (κ1) is 25.9. The number of rotatable bonds is 10. The second-order valence-electron chi connectivity index (χ2n) is 6.97. The molecule has 0 atom stereocenters. The summed E-state index contributed by atoms with van der Waals surface area (Å²) in [5, 5.41) is 4.73. The van der Waals surface area contributed by atoms with Gasteiger partial charge in [0, 0.05) is 24.3 Å². The zero-order valence-corrected chi connectivity index (χ0v) is 19.4. The van der Waals surface area contributed by atoms with Gasteiger partial charge in [-0.3, -0.25) is 14.4 Å². The summed E-state index contributed by atoms with van der Waals surface area (Å²) in [6.45, 7) is 4.58. The van der Waals surface area contributed by atoms with Crippen molar-refractivity contribution in [2.75, 3.05) is 31.6 Å². The smallest absolute Gasteiger partial charge is 0.325 e. The van der Waals surface area contributed by atoms with E-state index in [0.717, 1.165) is 6.07 Å². The van der Waals surface area contributed by atoms with Crippen LogP contribution in [0.1, 0.15) is 29.8 Å². The highest BCUT2D eigenvalue weighted by molar-refractivity contribution is 7.89. The Labute approximate surface area is 192 Å². The highest BCUT2D eigenvalue weighted by Gasteiger charge is 2.21. The number of carbonyl (C=O) groups excluding carboxylic acids is 3. The van der Waals surface area contributed by atoms with Crippen molar-refractivity contribution in [1.82, 2.24) is 9.62 Å². The van der Waals surface area contributed by atoms with Crippen molar-refractivity contribution >= 4 is 33.5 Å². The summed E-state index contributed by atoms with van der Waals surface area (Å²) in [7, 11) is -3.64. The Hall–Kier alpha value is -3.31. The summed E-state index contributed by atoms with van der Waals surface area (Å²) in [5.41, 5.74) is 0.801. The maximum Gasteiger partial charge on any atom is 0.325 e. The molecule has 33 heavy (non-hydrogen) atoms. The molecule has 178 valence electrons. The van der Waals surface area contributed by atoms with Crippen LogP contribution in [0.15, 0.2) is 47.4 Å². The summed E-state index contributed by atoms with van der Waals surface area (Å²) in [5.74, 6) is -2.61. The molecule has 0 fully saturated rings. The minimum absolute atomic E-state index is 0.0571. The van der Waals surface area contributed by atoms with E-state index >= 15 is 0 Å². The largest absolute Gasteiger partial charge is 0.454 e. The zero-order valence-electron chi connectivity index (χ0n) is 18.6. The van der Waals surface area contributed by atoms with Crippen molar-refractivity contribution in [2.24, 2.45) is 0 Å². The van der Waals surface area contributed by atoms with Crippen LogP contribution in [-0.2, 0) is 24.3 Å². The predicted octanol–water partition coefficient (Wildman–Crippen LogP) is 2.08. The Morgan fingerprint density at radius 3 is 2.24 bits per heavy atom. The van der Waals surface area contributed by atoms with Gasteiger partial charge in [-0.25, -0.2) is 12.8 Å². The fraction of sp³-hybridized carbons (Fsp3) is 0.318. The number of nitrogens with zero attached hydrogens (tertiary/aromatic N) is 1. The molecule has 0 bridgehead atoms. The van der Waals surface area contributed by atoms with Gasteiger partial charge in [0.1, 0.15) is 12.4 Å². The molecule has 0 radical (unpaired) electrons. The lowest BCUT2D eigenvalue weighted by molar-refractivity contribution is -0.146. The maximum atomic E-state index is 13.5. The third-order valence-corrected chi connectivity index (χ3v) is 6.74. The Balaban J connectivity index is 1.83. The van der Waals surface area contributed by atoms with E-state index in [-0.39, 0.29) is 16.1 Å². The Morgan fingerprint density at radius 2 is 1.67 bits per heavy atom. The Bertz CT molecular complexity index is 1120. The standard InChI is InChI=1S/C22H26FN3O6S/c1-4-26(5-2)33(30,31)18-10-7-16(8-11-18)22(29)24-13-21(28)32-14-20(27)25-17-9-6-15(3)19(23)12-17/h6-12H,4-5,13-14H2,1-3H3,(H,24,29)(H,25,27). The van der Waals surface area contributed by atoms with Gasteiger partial charge in [0.25, 0.3) is 11.8 Å². The number of carbonyl (C=O) groups is 3. The molecule has 9 nitrogen and oxygen atoms in total. The minimum Gasteiger partial charge on any atom is -0.454 e. The molecule has 0 unspecified atom stereocenters. The van der Waals surface area contributed by atoms with Gasteiger partial charge in [-0.05, 0) is 48.9 Å². The molecule has 0 heterocycles.